The van der Waals surface area contributed by atoms with Gasteiger partial charge in [0.2, 0.25) is 5.91 Å². The highest BCUT2D eigenvalue weighted by Crippen LogP contribution is 2.39. The van der Waals surface area contributed by atoms with E-state index in [1.54, 1.807) is 24.3 Å². The van der Waals surface area contributed by atoms with Gasteiger partial charge in [-0.25, -0.2) is 0 Å². The van der Waals surface area contributed by atoms with Gasteiger partial charge < -0.3 is 24.3 Å². The molecular formula is C24H22ClNO5. The van der Waals surface area contributed by atoms with E-state index in [2.05, 4.69) is 5.32 Å². The Labute approximate surface area is 185 Å². The zero-order chi connectivity index (χ0) is 21.5. The standard InChI is InChI=1S/C24H22ClNO5/c25-21-15-17(16-22-24(21)30-13-4-12-29-22)26-23(27)11-14-28-18-7-9-20(10-8-18)31-19-5-2-1-3-6-19/h1-3,5-10,15-16H,4,11-14H2,(H,26,27). The Kier molecular flexibility index (Phi) is 6.79. The molecule has 0 fully saturated rings. The molecule has 1 aliphatic rings. The van der Waals surface area contributed by atoms with Crippen LogP contribution < -0.4 is 24.3 Å². The van der Waals surface area contributed by atoms with E-state index in [4.69, 9.17) is 30.5 Å². The average molecular weight is 440 g/mol. The van der Waals surface area contributed by atoms with Crippen LogP contribution in [0.3, 0.4) is 0 Å². The number of halogens is 1. The molecule has 3 aromatic rings. The average Bonchev–Trinajstić information content (AvgIpc) is 3.02. The van der Waals surface area contributed by atoms with Crippen LogP contribution in [-0.2, 0) is 4.79 Å². The third-order valence-electron chi connectivity index (χ3n) is 4.49. The van der Waals surface area contributed by atoms with E-state index in [1.807, 2.05) is 42.5 Å². The van der Waals surface area contributed by atoms with Gasteiger partial charge in [0.05, 0.1) is 31.3 Å². The number of nitrogens with one attached hydrogen (secondary N) is 1. The van der Waals surface area contributed by atoms with Crippen LogP contribution in [0.15, 0.2) is 66.7 Å². The van der Waals surface area contributed by atoms with Gasteiger partial charge in [-0.15, -0.1) is 0 Å². The highest BCUT2D eigenvalue weighted by atomic mass is 35.5. The second-order valence-corrected chi connectivity index (χ2v) is 7.28. The summed E-state index contributed by atoms with van der Waals surface area (Å²) in [7, 11) is 0. The third kappa shape index (κ3) is 5.83. The molecule has 0 unspecified atom stereocenters. The monoisotopic (exact) mass is 439 g/mol. The van der Waals surface area contributed by atoms with Crippen LogP contribution in [0.4, 0.5) is 5.69 Å². The molecule has 0 atom stereocenters. The van der Waals surface area contributed by atoms with Gasteiger partial charge in [0.15, 0.2) is 11.5 Å². The quantitative estimate of drug-likeness (QED) is 0.511. The molecule has 7 heteroatoms. The highest BCUT2D eigenvalue weighted by molar-refractivity contribution is 6.32. The maximum atomic E-state index is 12.3. The molecule has 0 aromatic heterocycles. The van der Waals surface area contributed by atoms with Crippen LogP contribution in [0.1, 0.15) is 12.8 Å². The molecule has 1 aliphatic heterocycles. The number of para-hydroxylation sites is 1. The molecule has 0 saturated heterocycles. The number of carbonyl (C=O) groups is 1. The Bertz CT molecular complexity index is 1020. The van der Waals surface area contributed by atoms with Crippen LogP contribution in [-0.4, -0.2) is 25.7 Å². The lowest BCUT2D eigenvalue weighted by Gasteiger charge is -2.12. The van der Waals surface area contributed by atoms with Gasteiger partial charge in [0, 0.05) is 18.2 Å². The molecule has 0 bridgehead atoms. The molecule has 6 nitrogen and oxygen atoms in total. The highest BCUT2D eigenvalue weighted by Gasteiger charge is 2.16. The Morgan fingerprint density at radius 3 is 2.45 bits per heavy atom. The Balaban J connectivity index is 1.26. The minimum Gasteiger partial charge on any atom is -0.493 e. The van der Waals surface area contributed by atoms with Crippen LogP contribution in [0.5, 0.6) is 28.7 Å². The largest absolute Gasteiger partial charge is 0.493 e. The van der Waals surface area contributed by atoms with Crippen LogP contribution >= 0.6 is 11.6 Å². The van der Waals surface area contributed by atoms with Crippen LogP contribution in [0.2, 0.25) is 5.02 Å². The summed E-state index contributed by atoms with van der Waals surface area (Å²) >= 11 is 6.26. The molecule has 1 amide bonds. The lowest BCUT2D eigenvalue weighted by Crippen LogP contribution is -2.15. The molecule has 1 heterocycles. The van der Waals surface area contributed by atoms with Crippen molar-refractivity contribution < 1.29 is 23.7 Å². The topological polar surface area (TPSA) is 66.0 Å². The lowest BCUT2D eigenvalue weighted by atomic mass is 10.2. The molecule has 1 N–H and O–H groups in total. The summed E-state index contributed by atoms with van der Waals surface area (Å²) < 4.78 is 22.7. The summed E-state index contributed by atoms with van der Waals surface area (Å²) in [5, 5.41) is 3.22. The molecular weight excluding hydrogens is 418 g/mol. The maximum Gasteiger partial charge on any atom is 0.227 e. The summed E-state index contributed by atoms with van der Waals surface area (Å²) in [6.07, 6.45) is 0.970. The Morgan fingerprint density at radius 1 is 0.935 bits per heavy atom. The van der Waals surface area contributed by atoms with E-state index in [1.165, 1.54) is 0 Å². The zero-order valence-corrected chi connectivity index (χ0v) is 17.6. The van der Waals surface area contributed by atoms with Crippen molar-refractivity contribution in [1.82, 2.24) is 0 Å². The second kappa shape index (κ2) is 10.1. The van der Waals surface area contributed by atoms with Crippen molar-refractivity contribution in [2.24, 2.45) is 0 Å². The Hall–Kier alpha value is -3.38. The summed E-state index contributed by atoms with van der Waals surface area (Å²) in [6.45, 7) is 1.34. The molecule has 0 spiro atoms. The first-order valence-corrected chi connectivity index (χ1v) is 10.4. The number of fused-ring (bicyclic) bond motifs is 1. The van der Waals surface area contributed by atoms with Crippen molar-refractivity contribution in [2.75, 3.05) is 25.1 Å². The minimum absolute atomic E-state index is 0.186. The van der Waals surface area contributed by atoms with Gasteiger partial charge in [0.25, 0.3) is 0 Å². The summed E-state index contributed by atoms with van der Waals surface area (Å²) in [6, 6.07) is 20.2. The van der Waals surface area contributed by atoms with E-state index in [-0.39, 0.29) is 18.9 Å². The molecule has 160 valence electrons. The van der Waals surface area contributed by atoms with E-state index in [9.17, 15) is 4.79 Å². The van der Waals surface area contributed by atoms with Crippen molar-refractivity contribution in [1.29, 1.82) is 0 Å². The van der Waals surface area contributed by atoms with Crippen molar-refractivity contribution in [3.8, 4) is 28.7 Å². The number of benzene rings is 3. The number of carbonyl (C=O) groups excluding carboxylic acids is 1. The van der Waals surface area contributed by atoms with E-state index < -0.39 is 0 Å². The Morgan fingerprint density at radius 2 is 1.65 bits per heavy atom. The van der Waals surface area contributed by atoms with Gasteiger partial charge in [-0.2, -0.15) is 0 Å². The first-order chi connectivity index (χ1) is 15.2. The predicted molar refractivity (Wildman–Crippen MR) is 119 cm³/mol. The van der Waals surface area contributed by atoms with Crippen molar-refractivity contribution in [3.05, 3.63) is 71.8 Å². The maximum absolute atomic E-state index is 12.3. The normalized spacial score (nSPS) is 12.5. The SMILES string of the molecule is O=C(CCOc1ccc(Oc2ccccc2)cc1)Nc1cc(Cl)c2c(c1)OCCCO2. The fourth-order valence-corrected chi connectivity index (χ4v) is 3.28. The number of rotatable bonds is 7. The molecule has 4 rings (SSSR count). The van der Waals surface area contributed by atoms with Gasteiger partial charge >= 0.3 is 0 Å². The van der Waals surface area contributed by atoms with Crippen molar-refractivity contribution in [2.45, 2.75) is 12.8 Å². The summed E-state index contributed by atoms with van der Waals surface area (Å²) in [5.41, 5.74) is 0.557. The number of hydrogen-bond acceptors (Lipinski definition) is 5. The molecule has 3 aromatic carbocycles. The summed E-state index contributed by atoms with van der Waals surface area (Å²) in [4.78, 5) is 12.3. The van der Waals surface area contributed by atoms with E-state index >= 15 is 0 Å². The second-order valence-electron chi connectivity index (χ2n) is 6.87. The van der Waals surface area contributed by atoms with Crippen LogP contribution in [0.25, 0.3) is 0 Å². The molecule has 0 aliphatic carbocycles. The van der Waals surface area contributed by atoms with Crippen LogP contribution in [0, 0.1) is 0 Å². The first-order valence-electron chi connectivity index (χ1n) is 10.0. The van der Waals surface area contributed by atoms with Gasteiger partial charge in [-0.3, -0.25) is 4.79 Å². The minimum atomic E-state index is -0.186. The van der Waals surface area contributed by atoms with Crippen molar-refractivity contribution in [3.63, 3.8) is 0 Å². The lowest BCUT2D eigenvalue weighted by molar-refractivity contribution is -0.116. The smallest absolute Gasteiger partial charge is 0.227 e. The van der Waals surface area contributed by atoms with Crippen molar-refractivity contribution >= 4 is 23.2 Å². The molecule has 31 heavy (non-hydrogen) atoms. The fourth-order valence-electron chi connectivity index (χ4n) is 3.02. The zero-order valence-electron chi connectivity index (χ0n) is 16.8. The molecule has 0 radical (unpaired) electrons. The van der Waals surface area contributed by atoms with E-state index in [0.717, 1.165) is 12.2 Å². The van der Waals surface area contributed by atoms with Gasteiger partial charge in [0.1, 0.15) is 17.2 Å². The third-order valence-corrected chi connectivity index (χ3v) is 4.77. The number of ether oxygens (including phenoxy) is 4. The van der Waals surface area contributed by atoms with Gasteiger partial charge in [-0.05, 0) is 42.5 Å². The number of anilines is 1. The molecule has 0 saturated carbocycles. The summed E-state index contributed by atoms with van der Waals surface area (Å²) in [5.74, 6) is 3.00. The number of amides is 1. The first kappa shape index (κ1) is 20.9. The van der Waals surface area contributed by atoms with Gasteiger partial charge in [-0.1, -0.05) is 29.8 Å². The number of hydrogen-bond donors (Lipinski definition) is 1. The predicted octanol–water partition coefficient (Wildman–Crippen LogP) is 5.70. The van der Waals surface area contributed by atoms with E-state index in [0.29, 0.717) is 46.9 Å². The fraction of sp³-hybridized carbons (Fsp3) is 0.208.